The number of aromatic hydroxyl groups is 2. The van der Waals surface area contributed by atoms with Crippen molar-refractivity contribution in [1.29, 1.82) is 0 Å². The average molecular weight is 526 g/mol. The largest absolute Gasteiger partial charge is 0.507 e. The summed E-state index contributed by atoms with van der Waals surface area (Å²) in [5, 5.41) is 24.8. The van der Waals surface area contributed by atoms with Gasteiger partial charge in [0.15, 0.2) is 17.3 Å². The highest BCUT2D eigenvalue weighted by Gasteiger charge is 2.56. The maximum Gasteiger partial charge on any atom is 0.194 e. The lowest BCUT2D eigenvalue weighted by Gasteiger charge is -2.45. The zero-order chi connectivity index (χ0) is 28.2. The van der Waals surface area contributed by atoms with E-state index >= 15 is 0 Å². The summed E-state index contributed by atoms with van der Waals surface area (Å²) in [4.78, 5) is 39.5. The van der Waals surface area contributed by atoms with Gasteiger partial charge in [-0.1, -0.05) is 13.3 Å². The highest BCUT2D eigenvalue weighted by Crippen LogP contribution is 2.57. The fraction of sp³-hybridized carbons (Fsp3) is 0.567. The zero-order valence-corrected chi connectivity index (χ0v) is 23.5. The standard InChI is InChI=1S/C30H39NO7/c1-8-9-30(11-13-37-28(5,6)15-30)10-12-31-17(3)21-19(33)14-20-29(7,27(21)36)23-25(35)16(2)24(34)22(18(4)32)26(23)38-20/h14,31,34-35H,8-13,15H2,1-7H3. The molecule has 2 unspecified atom stereocenters. The van der Waals surface area contributed by atoms with Crippen LogP contribution in [-0.4, -0.2) is 46.3 Å². The molecule has 8 nitrogen and oxygen atoms in total. The fourth-order valence-electron chi connectivity index (χ4n) is 6.63. The van der Waals surface area contributed by atoms with Crippen molar-refractivity contribution in [2.75, 3.05) is 13.2 Å². The van der Waals surface area contributed by atoms with E-state index in [4.69, 9.17) is 9.47 Å². The molecule has 0 bridgehead atoms. The first-order valence-electron chi connectivity index (χ1n) is 13.4. The average Bonchev–Trinajstić information content (AvgIpc) is 3.10. The highest BCUT2D eigenvalue weighted by atomic mass is 16.5. The normalized spacial score (nSPS) is 27.3. The molecule has 0 radical (unpaired) electrons. The number of allylic oxidation sites excluding steroid dienone is 4. The second-order valence-corrected chi connectivity index (χ2v) is 11.8. The van der Waals surface area contributed by atoms with E-state index in [0.717, 1.165) is 38.7 Å². The van der Waals surface area contributed by atoms with Gasteiger partial charge >= 0.3 is 0 Å². The van der Waals surface area contributed by atoms with E-state index in [1.54, 1.807) is 13.8 Å². The van der Waals surface area contributed by atoms with Crippen molar-refractivity contribution in [3.05, 3.63) is 39.8 Å². The van der Waals surface area contributed by atoms with Gasteiger partial charge < -0.3 is 25.0 Å². The van der Waals surface area contributed by atoms with Crippen LogP contribution < -0.4 is 10.1 Å². The highest BCUT2D eigenvalue weighted by molar-refractivity contribution is 6.31. The molecule has 2 atom stereocenters. The Bertz CT molecular complexity index is 1280. The SMILES string of the molecule is CCCC1(CCNC(C)=C2C(=O)C=C3Oc4c(C(C)=O)c(O)c(C)c(O)c4C3(C)C2=O)CCOC(C)(C)C1. The van der Waals surface area contributed by atoms with Crippen LogP contribution in [0.2, 0.25) is 0 Å². The van der Waals surface area contributed by atoms with Crippen molar-refractivity contribution in [1.82, 2.24) is 5.32 Å². The van der Waals surface area contributed by atoms with Gasteiger partial charge in [-0.05, 0) is 72.6 Å². The molecule has 1 aromatic rings. The second kappa shape index (κ2) is 9.56. The number of carbonyl (C=O) groups excluding carboxylic acids is 3. The summed E-state index contributed by atoms with van der Waals surface area (Å²) in [6, 6.07) is 0. The molecule has 38 heavy (non-hydrogen) atoms. The number of rotatable bonds is 7. The Morgan fingerprint density at radius 2 is 1.79 bits per heavy atom. The third-order valence-corrected chi connectivity index (χ3v) is 8.51. The van der Waals surface area contributed by atoms with Crippen molar-refractivity contribution in [3.63, 3.8) is 0 Å². The first-order chi connectivity index (χ1) is 17.7. The number of carbonyl (C=O) groups is 3. The molecule has 3 aliphatic rings. The van der Waals surface area contributed by atoms with Crippen LogP contribution in [0, 0.1) is 12.3 Å². The molecular weight excluding hydrogens is 486 g/mol. The van der Waals surface area contributed by atoms with Gasteiger partial charge in [0.25, 0.3) is 0 Å². The summed E-state index contributed by atoms with van der Waals surface area (Å²) in [5.74, 6) is -2.27. The minimum atomic E-state index is -1.51. The van der Waals surface area contributed by atoms with E-state index in [0.29, 0.717) is 12.2 Å². The van der Waals surface area contributed by atoms with Gasteiger partial charge in [0.2, 0.25) is 0 Å². The maximum absolute atomic E-state index is 14.0. The third-order valence-electron chi connectivity index (χ3n) is 8.51. The Labute approximate surface area is 224 Å². The number of ketones is 3. The summed E-state index contributed by atoms with van der Waals surface area (Å²) in [6.45, 7) is 13.8. The summed E-state index contributed by atoms with van der Waals surface area (Å²) in [6.07, 6.45) is 6.20. The smallest absolute Gasteiger partial charge is 0.194 e. The Kier molecular flexibility index (Phi) is 7.02. The molecule has 0 aromatic heterocycles. The lowest BCUT2D eigenvalue weighted by atomic mass is 9.69. The number of hydrogen-bond acceptors (Lipinski definition) is 8. The van der Waals surface area contributed by atoms with Crippen LogP contribution in [0.25, 0.3) is 0 Å². The Morgan fingerprint density at radius 3 is 2.39 bits per heavy atom. The number of nitrogens with one attached hydrogen (secondary N) is 1. The summed E-state index contributed by atoms with van der Waals surface area (Å²) in [5.41, 5.74) is -1.06. The molecule has 8 heteroatoms. The molecule has 3 N–H and O–H groups in total. The molecule has 0 spiro atoms. The fourth-order valence-corrected chi connectivity index (χ4v) is 6.63. The molecule has 1 saturated heterocycles. The lowest BCUT2D eigenvalue weighted by molar-refractivity contribution is -0.123. The molecule has 2 aliphatic heterocycles. The Morgan fingerprint density at radius 1 is 1.11 bits per heavy atom. The predicted octanol–water partition coefficient (Wildman–Crippen LogP) is 4.92. The Balaban J connectivity index is 1.67. The van der Waals surface area contributed by atoms with Crippen molar-refractivity contribution in [3.8, 4) is 17.2 Å². The molecule has 0 saturated carbocycles. The molecule has 2 heterocycles. The predicted molar refractivity (Wildman–Crippen MR) is 143 cm³/mol. The number of phenolic OH excluding ortho intramolecular Hbond substituents is 2. The number of phenols is 2. The number of ether oxygens (including phenoxy) is 2. The van der Waals surface area contributed by atoms with E-state index in [2.05, 4.69) is 26.1 Å². The summed E-state index contributed by atoms with van der Waals surface area (Å²) in [7, 11) is 0. The van der Waals surface area contributed by atoms with Gasteiger partial charge in [0.1, 0.15) is 34.0 Å². The van der Waals surface area contributed by atoms with Crippen molar-refractivity contribution in [2.24, 2.45) is 5.41 Å². The van der Waals surface area contributed by atoms with E-state index < -0.39 is 28.5 Å². The van der Waals surface area contributed by atoms with Crippen LogP contribution in [-0.2, 0) is 19.7 Å². The molecule has 0 amide bonds. The van der Waals surface area contributed by atoms with Crippen molar-refractivity contribution < 1.29 is 34.1 Å². The molecule has 1 fully saturated rings. The van der Waals surface area contributed by atoms with Gasteiger partial charge in [-0.15, -0.1) is 0 Å². The molecule has 1 aliphatic carbocycles. The number of hydrogen-bond donors (Lipinski definition) is 3. The van der Waals surface area contributed by atoms with Crippen LogP contribution in [0.5, 0.6) is 17.2 Å². The van der Waals surface area contributed by atoms with E-state index in [-0.39, 0.29) is 50.5 Å². The quantitative estimate of drug-likeness (QED) is 0.260. The number of Topliss-reactive ketones (excluding diaryl/α,β-unsaturated/α-hetero) is 2. The minimum Gasteiger partial charge on any atom is -0.507 e. The van der Waals surface area contributed by atoms with Crippen LogP contribution >= 0.6 is 0 Å². The molecule has 4 rings (SSSR count). The van der Waals surface area contributed by atoms with Crippen molar-refractivity contribution in [2.45, 2.75) is 91.6 Å². The molecule has 1 aromatic carbocycles. The van der Waals surface area contributed by atoms with Crippen LogP contribution in [0.3, 0.4) is 0 Å². The van der Waals surface area contributed by atoms with Crippen LogP contribution in [0.4, 0.5) is 0 Å². The monoisotopic (exact) mass is 525 g/mol. The molecular formula is C30H39NO7. The van der Waals surface area contributed by atoms with E-state index in [1.807, 2.05) is 0 Å². The topological polar surface area (TPSA) is 122 Å². The minimum absolute atomic E-state index is 0.000878. The van der Waals surface area contributed by atoms with E-state index in [1.165, 1.54) is 19.9 Å². The third kappa shape index (κ3) is 4.32. The number of fused-ring (bicyclic) bond motifs is 3. The summed E-state index contributed by atoms with van der Waals surface area (Å²) >= 11 is 0. The second-order valence-electron chi connectivity index (χ2n) is 11.8. The van der Waals surface area contributed by atoms with Gasteiger partial charge in [-0.25, -0.2) is 0 Å². The van der Waals surface area contributed by atoms with Gasteiger partial charge in [0.05, 0.1) is 16.7 Å². The Hall–Kier alpha value is -3.13. The van der Waals surface area contributed by atoms with Gasteiger partial charge in [-0.3, -0.25) is 14.4 Å². The molecule has 206 valence electrons. The first kappa shape index (κ1) is 27.9. The number of benzene rings is 1. The van der Waals surface area contributed by atoms with Gasteiger partial charge in [-0.2, -0.15) is 0 Å². The first-order valence-corrected chi connectivity index (χ1v) is 13.4. The van der Waals surface area contributed by atoms with Crippen LogP contribution in [0.1, 0.15) is 95.1 Å². The lowest BCUT2D eigenvalue weighted by Crippen LogP contribution is -2.43. The summed E-state index contributed by atoms with van der Waals surface area (Å²) < 4.78 is 11.8. The van der Waals surface area contributed by atoms with Gasteiger partial charge in [0, 0.05) is 30.5 Å². The zero-order valence-electron chi connectivity index (χ0n) is 23.5. The van der Waals surface area contributed by atoms with Crippen molar-refractivity contribution >= 4 is 17.3 Å². The van der Waals surface area contributed by atoms with E-state index in [9.17, 15) is 24.6 Å². The van der Waals surface area contributed by atoms with Crippen LogP contribution in [0.15, 0.2) is 23.1 Å². The maximum atomic E-state index is 14.0.